The van der Waals surface area contributed by atoms with E-state index >= 15 is 0 Å². The fourth-order valence-electron chi connectivity index (χ4n) is 5.05. The number of hydrogen-bond acceptors (Lipinski definition) is 4. The van der Waals surface area contributed by atoms with E-state index in [1.807, 2.05) is 48.5 Å². The quantitative estimate of drug-likeness (QED) is 0.229. The topological polar surface area (TPSA) is 62.5 Å². The third-order valence-corrected chi connectivity index (χ3v) is 7.14. The van der Waals surface area contributed by atoms with Gasteiger partial charge in [-0.05, 0) is 59.7 Å². The summed E-state index contributed by atoms with van der Waals surface area (Å²) in [5.74, 6) is -0.795. The zero-order chi connectivity index (χ0) is 27.6. The number of hydrogen-bond donors (Lipinski definition) is 1. The molecule has 0 unspecified atom stereocenters. The summed E-state index contributed by atoms with van der Waals surface area (Å²) in [5, 5.41) is 11.3. The Morgan fingerprint density at radius 2 is 1.10 bits per heavy atom. The number of anilines is 3. The number of carbonyl (C=O) groups is 1. The lowest BCUT2D eigenvalue weighted by Gasteiger charge is -2.25. The van der Waals surface area contributed by atoms with Crippen molar-refractivity contribution in [2.45, 2.75) is 0 Å². The predicted molar refractivity (Wildman–Crippen MR) is 161 cm³/mol. The first kappa shape index (κ1) is 24.9. The molecule has 0 aliphatic rings. The molecule has 5 nitrogen and oxygen atoms in total. The van der Waals surface area contributed by atoms with Crippen LogP contribution in [0.4, 0.5) is 17.1 Å². The van der Waals surface area contributed by atoms with Crippen LogP contribution in [0.5, 0.6) is 5.75 Å². The average Bonchev–Trinajstić information content (AvgIpc) is 3.02. The molecule has 0 atom stereocenters. The molecule has 40 heavy (non-hydrogen) atoms. The molecule has 6 rings (SSSR count). The van der Waals surface area contributed by atoms with Crippen molar-refractivity contribution in [3.63, 3.8) is 0 Å². The van der Waals surface area contributed by atoms with Gasteiger partial charge in [-0.3, -0.25) is 9.59 Å². The van der Waals surface area contributed by atoms with E-state index in [1.54, 1.807) is 43.4 Å². The fraction of sp³-hybridized carbons (Fsp3) is 0.0286. The number of aromatic nitrogens is 1. The molecule has 0 saturated heterocycles. The van der Waals surface area contributed by atoms with Crippen LogP contribution in [0.3, 0.4) is 0 Å². The maximum Gasteiger partial charge on any atom is 0.265 e. The van der Waals surface area contributed by atoms with E-state index in [1.165, 1.54) is 4.57 Å². The van der Waals surface area contributed by atoms with E-state index in [4.69, 9.17) is 0 Å². The van der Waals surface area contributed by atoms with Gasteiger partial charge in [0, 0.05) is 35.1 Å². The highest BCUT2D eigenvalue weighted by molar-refractivity contribution is 6.13. The van der Waals surface area contributed by atoms with Crippen LogP contribution in [-0.2, 0) is 7.05 Å². The van der Waals surface area contributed by atoms with Gasteiger partial charge in [-0.1, -0.05) is 84.9 Å². The summed E-state index contributed by atoms with van der Waals surface area (Å²) in [4.78, 5) is 28.5. The monoisotopic (exact) mass is 522 g/mol. The van der Waals surface area contributed by atoms with Crippen LogP contribution in [0, 0.1) is 0 Å². The number of ketones is 1. The zero-order valence-electron chi connectivity index (χ0n) is 21.9. The Morgan fingerprint density at radius 1 is 0.625 bits per heavy atom. The van der Waals surface area contributed by atoms with Crippen molar-refractivity contribution in [2.75, 3.05) is 4.90 Å². The van der Waals surface area contributed by atoms with Crippen LogP contribution in [0.25, 0.3) is 22.0 Å². The average molecular weight is 523 g/mol. The number of carbonyl (C=O) groups excluding carboxylic acids is 1. The van der Waals surface area contributed by atoms with Gasteiger partial charge in [0.15, 0.2) is 0 Å². The molecule has 0 fully saturated rings. The molecule has 0 aliphatic heterocycles. The Balaban J connectivity index is 1.31. The van der Waals surface area contributed by atoms with Crippen LogP contribution in [0.15, 0.2) is 138 Å². The molecule has 0 amide bonds. The Morgan fingerprint density at radius 3 is 1.68 bits per heavy atom. The molecule has 0 spiro atoms. The van der Waals surface area contributed by atoms with Crippen molar-refractivity contribution in [1.29, 1.82) is 0 Å². The first-order chi connectivity index (χ1) is 19.5. The second-order valence-electron chi connectivity index (χ2n) is 9.56. The summed E-state index contributed by atoms with van der Waals surface area (Å²) in [6.45, 7) is 0. The molecule has 5 heteroatoms. The van der Waals surface area contributed by atoms with Crippen molar-refractivity contribution in [1.82, 2.24) is 4.57 Å². The highest BCUT2D eigenvalue weighted by Gasteiger charge is 2.22. The van der Waals surface area contributed by atoms with E-state index in [9.17, 15) is 14.7 Å². The molecule has 1 heterocycles. The second kappa shape index (κ2) is 10.4. The summed E-state index contributed by atoms with van der Waals surface area (Å²) < 4.78 is 1.40. The smallest absolute Gasteiger partial charge is 0.265 e. The van der Waals surface area contributed by atoms with Crippen molar-refractivity contribution in [2.24, 2.45) is 7.05 Å². The summed E-state index contributed by atoms with van der Waals surface area (Å²) >= 11 is 0. The molecule has 5 aromatic carbocycles. The molecular weight excluding hydrogens is 496 g/mol. The van der Waals surface area contributed by atoms with Gasteiger partial charge in [0.05, 0.1) is 5.52 Å². The van der Waals surface area contributed by atoms with Crippen molar-refractivity contribution in [3.05, 3.63) is 155 Å². The number of benzene rings is 5. The van der Waals surface area contributed by atoms with Gasteiger partial charge in [-0.25, -0.2) is 0 Å². The van der Waals surface area contributed by atoms with Crippen molar-refractivity contribution >= 4 is 33.7 Å². The van der Waals surface area contributed by atoms with Crippen LogP contribution < -0.4 is 10.5 Å². The maximum atomic E-state index is 13.3. The molecule has 1 N–H and O–H groups in total. The predicted octanol–water partition coefficient (Wildman–Crippen LogP) is 7.61. The maximum absolute atomic E-state index is 13.3. The van der Waals surface area contributed by atoms with Gasteiger partial charge >= 0.3 is 0 Å². The third-order valence-electron chi connectivity index (χ3n) is 7.14. The summed E-state index contributed by atoms with van der Waals surface area (Å²) in [6, 6.07) is 42.8. The minimum Gasteiger partial charge on any atom is -0.506 e. The van der Waals surface area contributed by atoms with Gasteiger partial charge in [-0.2, -0.15) is 0 Å². The van der Waals surface area contributed by atoms with Gasteiger partial charge in [-0.15, -0.1) is 0 Å². The van der Waals surface area contributed by atoms with Gasteiger partial charge in [0.2, 0.25) is 5.78 Å². The van der Waals surface area contributed by atoms with E-state index < -0.39 is 11.3 Å². The minimum atomic E-state index is -0.526. The molecule has 0 bridgehead atoms. The molecule has 0 aliphatic carbocycles. The summed E-state index contributed by atoms with van der Waals surface area (Å²) in [5.41, 5.74) is 5.23. The van der Waals surface area contributed by atoms with Crippen molar-refractivity contribution in [3.8, 4) is 16.9 Å². The number of rotatable bonds is 6. The van der Waals surface area contributed by atoms with Crippen LogP contribution in [0.2, 0.25) is 0 Å². The number of aryl methyl sites for hydroxylation is 1. The number of fused-ring (bicyclic) bond motifs is 1. The summed E-state index contributed by atoms with van der Waals surface area (Å²) in [6.07, 6.45) is 0. The number of nitrogens with zero attached hydrogens (tertiary/aromatic N) is 2. The minimum absolute atomic E-state index is 0.222. The van der Waals surface area contributed by atoms with E-state index in [-0.39, 0.29) is 11.3 Å². The van der Waals surface area contributed by atoms with Crippen LogP contribution >= 0.6 is 0 Å². The first-order valence-corrected chi connectivity index (χ1v) is 13.0. The Bertz CT molecular complexity index is 1840. The van der Waals surface area contributed by atoms with E-state index in [0.29, 0.717) is 16.5 Å². The SMILES string of the molecule is Cn1c(=O)c(C(=O)c2ccc(-c3ccc(N(c4ccccc4)c4ccccc4)cc3)cc2)c(O)c2ccccc21. The molecule has 0 saturated carbocycles. The standard InChI is InChI=1S/C35H26N2O3/c1-36-31-15-9-8-14-30(31)34(39)32(35(36)40)33(38)26-18-16-24(17-19-26)25-20-22-29(23-21-25)37(27-10-4-2-5-11-27)28-12-6-3-7-13-28/h2-23,39H,1H3. The third kappa shape index (κ3) is 4.44. The highest BCUT2D eigenvalue weighted by Crippen LogP contribution is 2.35. The van der Waals surface area contributed by atoms with Gasteiger partial charge < -0.3 is 14.6 Å². The molecule has 1 aromatic heterocycles. The number of para-hydroxylation sites is 3. The molecule has 0 radical (unpaired) electrons. The Labute approximate surface area is 231 Å². The Hall–Kier alpha value is -5.42. The number of pyridine rings is 1. The van der Waals surface area contributed by atoms with E-state index in [0.717, 1.165) is 28.2 Å². The second-order valence-corrected chi connectivity index (χ2v) is 9.56. The van der Waals surface area contributed by atoms with Crippen LogP contribution in [-0.4, -0.2) is 15.5 Å². The lowest BCUT2D eigenvalue weighted by molar-refractivity contribution is 0.103. The highest BCUT2D eigenvalue weighted by atomic mass is 16.3. The normalized spacial score (nSPS) is 10.9. The largest absolute Gasteiger partial charge is 0.506 e. The first-order valence-electron chi connectivity index (χ1n) is 13.0. The lowest BCUT2D eigenvalue weighted by Crippen LogP contribution is -2.25. The van der Waals surface area contributed by atoms with Gasteiger partial charge in [0.1, 0.15) is 11.3 Å². The molecular formula is C35H26N2O3. The van der Waals surface area contributed by atoms with Crippen molar-refractivity contribution < 1.29 is 9.90 Å². The lowest BCUT2D eigenvalue weighted by atomic mass is 9.98. The van der Waals surface area contributed by atoms with Crippen LogP contribution in [0.1, 0.15) is 15.9 Å². The zero-order valence-corrected chi connectivity index (χ0v) is 21.9. The summed E-state index contributed by atoms with van der Waals surface area (Å²) in [7, 11) is 1.60. The molecule has 6 aromatic rings. The van der Waals surface area contributed by atoms with Gasteiger partial charge in [0.25, 0.3) is 5.56 Å². The Kier molecular flexibility index (Phi) is 6.46. The fourth-order valence-corrected chi connectivity index (χ4v) is 5.05. The van der Waals surface area contributed by atoms with E-state index in [2.05, 4.69) is 53.4 Å². The number of aromatic hydroxyl groups is 1. The molecule has 194 valence electrons.